The summed E-state index contributed by atoms with van der Waals surface area (Å²) in [5, 5.41) is 0.685. The summed E-state index contributed by atoms with van der Waals surface area (Å²) in [6, 6.07) is 0. The normalized spacial score (nSPS) is 20.5. The SMILES string of the molecule is CCN(CCBr)S(=O)(=O)N1CCC(C)CC1. The third kappa shape index (κ3) is 3.42. The molecule has 4 nitrogen and oxygen atoms in total. The molecule has 0 unspecified atom stereocenters. The van der Waals surface area contributed by atoms with E-state index in [0.717, 1.165) is 12.8 Å². The Labute approximate surface area is 107 Å². The van der Waals surface area contributed by atoms with E-state index in [2.05, 4.69) is 22.9 Å². The van der Waals surface area contributed by atoms with Gasteiger partial charge >= 0.3 is 0 Å². The molecule has 1 aliphatic heterocycles. The first-order valence-electron chi connectivity index (χ1n) is 5.83. The monoisotopic (exact) mass is 312 g/mol. The van der Waals surface area contributed by atoms with E-state index in [9.17, 15) is 8.42 Å². The number of hydrogen-bond acceptors (Lipinski definition) is 2. The highest BCUT2D eigenvalue weighted by Crippen LogP contribution is 2.20. The van der Waals surface area contributed by atoms with Crippen molar-refractivity contribution in [2.24, 2.45) is 5.92 Å². The molecule has 0 radical (unpaired) electrons. The highest BCUT2D eigenvalue weighted by molar-refractivity contribution is 9.09. The fourth-order valence-electron chi connectivity index (χ4n) is 1.91. The number of alkyl halides is 1. The van der Waals surface area contributed by atoms with Gasteiger partial charge in [-0.1, -0.05) is 29.8 Å². The first kappa shape index (κ1) is 14.4. The first-order valence-corrected chi connectivity index (χ1v) is 8.35. The zero-order valence-corrected chi connectivity index (χ0v) is 12.4. The highest BCUT2D eigenvalue weighted by Gasteiger charge is 2.30. The van der Waals surface area contributed by atoms with Gasteiger partial charge in [-0.25, -0.2) is 0 Å². The lowest BCUT2D eigenvalue weighted by Crippen LogP contribution is -2.47. The van der Waals surface area contributed by atoms with E-state index >= 15 is 0 Å². The van der Waals surface area contributed by atoms with E-state index < -0.39 is 10.2 Å². The minimum Gasteiger partial charge on any atom is -0.195 e. The fraction of sp³-hybridized carbons (Fsp3) is 1.00. The molecule has 1 rings (SSSR count). The van der Waals surface area contributed by atoms with Gasteiger partial charge in [0.1, 0.15) is 0 Å². The summed E-state index contributed by atoms with van der Waals surface area (Å²) in [6.07, 6.45) is 1.95. The number of piperidine rings is 1. The molecule has 1 saturated heterocycles. The molecule has 0 saturated carbocycles. The Kier molecular flexibility index (Phi) is 5.70. The van der Waals surface area contributed by atoms with Gasteiger partial charge in [-0.15, -0.1) is 0 Å². The predicted molar refractivity (Wildman–Crippen MR) is 69.9 cm³/mol. The van der Waals surface area contributed by atoms with Gasteiger partial charge in [0.15, 0.2) is 0 Å². The summed E-state index contributed by atoms with van der Waals surface area (Å²) in [5.41, 5.74) is 0. The highest BCUT2D eigenvalue weighted by atomic mass is 79.9. The third-order valence-corrected chi connectivity index (χ3v) is 5.55. The number of hydrogen-bond donors (Lipinski definition) is 0. The number of nitrogens with zero attached hydrogens (tertiary/aromatic N) is 2. The summed E-state index contributed by atoms with van der Waals surface area (Å²) in [7, 11) is -3.22. The largest absolute Gasteiger partial charge is 0.281 e. The summed E-state index contributed by atoms with van der Waals surface area (Å²) >= 11 is 3.29. The Morgan fingerprint density at radius 2 is 1.94 bits per heavy atom. The van der Waals surface area contributed by atoms with Crippen LogP contribution >= 0.6 is 15.9 Å². The van der Waals surface area contributed by atoms with E-state index in [1.807, 2.05) is 6.92 Å². The van der Waals surface area contributed by atoms with E-state index in [-0.39, 0.29) is 0 Å². The van der Waals surface area contributed by atoms with Crippen molar-refractivity contribution in [3.8, 4) is 0 Å². The van der Waals surface area contributed by atoms with Crippen LogP contribution in [0.3, 0.4) is 0 Å². The van der Waals surface area contributed by atoms with E-state index in [1.165, 1.54) is 4.31 Å². The van der Waals surface area contributed by atoms with Gasteiger partial charge in [0.2, 0.25) is 0 Å². The maximum Gasteiger partial charge on any atom is 0.281 e. The van der Waals surface area contributed by atoms with Crippen LogP contribution < -0.4 is 0 Å². The fourth-order valence-corrected chi connectivity index (χ4v) is 4.22. The van der Waals surface area contributed by atoms with Gasteiger partial charge in [-0.05, 0) is 18.8 Å². The topological polar surface area (TPSA) is 40.6 Å². The van der Waals surface area contributed by atoms with Crippen molar-refractivity contribution in [2.75, 3.05) is 31.5 Å². The Bertz CT molecular complexity index is 300. The van der Waals surface area contributed by atoms with Crippen LogP contribution in [0, 0.1) is 5.92 Å². The van der Waals surface area contributed by atoms with Crippen LogP contribution in [0.25, 0.3) is 0 Å². The molecule has 0 aromatic rings. The second-order valence-corrected chi connectivity index (χ2v) is 6.99. The lowest BCUT2D eigenvalue weighted by Gasteiger charge is -2.33. The van der Waals surface area contributed by atoms with Gasteiger partial charge in [-0.2, -0.15) is 17.0 Å². The molecule has 0 spiro atoms. The number of halogens is 1. The van der Waals surface area contributed by atoms with E-state index in [1.54, 1.807) is 4.31 Å². The van der Waals surface area contributed by atoms with E-state index in [4.69, 9.17) is 0 Å². The van der Waals surface area contributed by atoms with Crippen molar-refractivity contribution in [1.82, 2.24) is 8.61 Å². The third-order valence-electron chi connectivity index (χ3n) is 3.08. The number of rotatable bonds is 5. The second-order valence-electron chi connectivity index (χ2n) is 4.27. The van der Waals surface area contributed by atoms with Crippen molar-refractivity contribution >= 4 is 26.1 Å². The van der Waals surface area contributed by atoms with Gasteiger partial charge < -0.3 is 0 Å². The van der Waals surface area contributed by atoms with Crippen molar-refractivity contribution in [3.05, 3.63) is 0 Å². The molecule has 1 heterocycles. The van der Waals surface area contributed by atoms with Crippen LogP contribution in [-0.2, 0) is 10.2 Å². The van der Waals surface area contributed by atoms with Crippen molar-refractivity contribution in [2.45, 2.75) is 26.7 Å². The predicted octanol–water partition coefficient (Wildman–Crippen LogP) is 1.68. The Balaban J connectivity index is 2.68. The molecule has 0 aromatic heterocycles. The molecule has 0 atom stereocenters. The summed E-state index contributed by atoms with van der Waals surface area (Å²) in [6.45, 7) is 6.49. The van der Waals surface area contributed by atoms with Crippen LogP contribution in [0.5, 0.6) is 0 Å². The summed E-state index contributed by atoms with van der Waals surface area (Å²) < 4.78 is 27.7. The molecule has 1 aliphatic rings. The molecule has 0 N–H and O–H groups in total. The molecule has 0 amide bonds. The molecule has 1 fully saturated rings. The van der Waals surface area contributed by atoms with Crippen molar-refractivity contribution in [3.63, 3.8) is 0 Å². The summed E-state index contributed by atoms with van der Waals surface area (Å²) in [5.74, 6) is 0.651. The van der Waals surface area contributed by atoms with Crippen LogP contribution in [0.4, 0.5) is 0 Å². The lowest BCUT2D eigenvalue weighted by molar-refractivity contribution is 0.267. The van der Waals surface area contributed by atoms with Gasteiger partial charge in [0, 0.05) is 31.5 Å². The van der Waals surface area contributed by atoms with Crippen LogP contribution in [0.1, 0.15) is 26.7 Å². The van der Waals surface area contributed by atoms with Gasteiger partial charge in [-0.3, -0.25) is 0 Å². The zero-order chi connectivity index (χ0) is 12.2. The van der Waals surface area contributed by atoms with Crippen LogP contribution in [0.15, 0.2) is 0 Å². The second kappa shape index (κ2) is 6.33. The quantitative estimate of drug-likeness (QED) is 0.725. The smallest absolute Gasteiger partial charge is 0.195 e. The maximum absolute atomic E-state index is 12.2. The van der Waals surface area contributed by atoms with Crippen molar-refractivity contribution < 1.29 is 8.42 Å². The average molecular weight is 313 g/mol. The zero-order valence-electron chi connectivity index (χ0n) is 10.0. The lowest BCUT2D eigenvalue weighted by atomic mass is 10.0. The van der Waals surface area contributed by atoms with Gasteiger partial charge in [0.25, 0.3) is 10.2 Å². The Morgan fingerprint density at radius 1 is 1.38 bits per heavy atom. The maximum atomic E-state index is 12.2. The standard InChI is InChI=1S/C10H21BrN2O2S/c1-3-12(9-6-11)16(14,15)13-7-4-10(2)5-8-13/h10H,3-9H2,1-2H3. The molecule has 6 heteroatoms. The molecule has 0 bridgehead atoms. The van der Waals surface area contributed by atoms with Gasteiger partial charge in [0.05, 0.1) is 0 Å². The molecular formula is C10H21BrN2O2S. The minimum absolute atomic E-state index is 0.542. The molecule has 96 valence electrons. The minimum atomic E-state index is -3.22. The first-order chi connectivity index (χ1) is 7.52. The van der Waals surface area contributed by atoms with Crippen LogP contribution in [-0.4, -0.2) is 48.5 Å². The Morgan fingerprint density at radius 3 is 2.38 bits per heavy atom. The molecular weight excluding hydrogens is 292 g/mol. The molecule has 16 heavy (non-hydrogen) atoms. The van der Waals surface area contributed by atoms with Crippen LogP contribution in [0.2, 0.25) is 0 Å². The molecule has 0 aliphatic carbocycles. The van der Waals surface area contributed by atoms with E-state index in [0.29, 0.717) is 37.4 Å². The average Bonchev–Trinajstić information content (AvgIpc) is 2.26. The summed E-state index contributed by atoms with van der Waals surface area (Å²) in [4.78, 5) is 0. The van der Waals surface area contributed by atoms with Crippen molar-refractivity contribution in [1.29, 1.82) is 0 Å². The molecule has 0 aromatic carbocycles. The Hall–Kier alpha value is 0.350.